The number of ether oxygens (including phenoxy) is 2. The van der Waals surface area contributed by atoms with Crippen LogP contribution in [-0.2, 0) is 14.3 Å². The summed E-state index contributed by atoms with van der Waals surface area (Å²) in [6.07, 6.45) is 0.635. The van der Waals surface area contributed by atoms with Crippen molar-refractivity contribution in [1.82, 2.24) is 5.32 Å². The fraction of sp³-hybridized carbons (Fsp3) is 0.333. The first kappa shape index (κ1) is 23.9. The minimum Gasteiger partial charge on any atom is -0.503 e. The smallest absolute Gasteiger partial charge is 0.337 e. The summed E-state index contributed by atoms with van der Waals surface area (Å²) in [6.45, 7) is 5.37. The SMILES string of the molecule is COc1cc(C2C(C(=O)OC(C)C)=C(C)NC3=C2C(=O)CC(c2ccccc2)C3)cc(Cl)c1O. The molecule has 4 rings (SSSR count). The van der Waals surface area contributed by atoms with Crippen molar-refractivity contribution in [3.63, 3.8) is 0 Å². The molecule has 0 radical (unpaired) electrons. The monoisotopic (exact) mass is 481 g/mol. The molecule has 0 spiro atoms. The van der Waals surface area contributed by atoms with Gasteiger partial charge in [0, 0.05) is 29.3 Å². The van der Waals surface area contributed by atoms with Crippen LogP contribution in [0.15, 0.2) is 65.0 Å². The lowest BCUT2D eigenvalue weighted by atomic mass is 9.71. The molecule has 0 saturated heterocycles. The molecule has 2 unspecified atom stereocenters. The highest BCUT2D eigenvalue weighted by molar-refractivity contribution is 6.32. The van der Waals surface area contributed by atoms with Gasteiger partial charge in [-0.15, -0.1) is 0 Å². The Hall–Kier alpha value is -3.25. The van der Waals surface area contributed by atoms with Gasteiger partial charge in [-0.25, -0.2) is 4.79 Å². The summed E-state index contributed by atoms with van der Waals surface area (Å²) in [5.41, 5.74) is 3.97. The van der Waals surface area contributed by atoms with Gasteiger partial charge in [-0.05, 0) is 56.4 Å². The van der Waals surface area contributed by atoms with Gasteiger partial charge < -0.3 is 19.9 Å². The summed E-state index contributed by atoms with van der Waals surface area (Å²) in [5, 5.41) is 13.7. The number of aromatic hydroxyl groups is 1. The lowest BCUT2D eigenvalue weighted by Gasteiger charge is -2.37. The molecule has 2 aromatic carbocycles. The van der Waals surface area contributed by atoms with Crippen molar-refractivity contribution in [3.8, 4) is 11.5 Å². The molecule has 7 heteroatoms. The van der Waals surface area contributed by atoms with Crippen LogP contribution >= 0.6 is 11.6 Å². The Morgan fingerprint density at radius 1 is 1.15 bits per heavy atom. The third-order valence-corrected chi connectivity index (χ3v) is 6.55. The zero-order chi connectivity index (χ0) is 24.6. The number of phenolic OH excluding ortho intramolecular Hbond substituents is 1. The average molecular weight is 482 g/mol. The number of carbonyl (C=O) groups excluding carboxylic acids is 2. The standard InChI is InChI=1S/C27H28ClNO5/c1-14(2)34-27(32)23-15(3)29-20-11-17(16-8-6-5-7-9-16)12-21(30)25(20)24(23)18-10-19(28)26(31)22(13-18)33-4/h5-10,13-14,17,24,29,31H,11-12H2,1-4H3. The van der Waals surface area contributed by atoms with Crippen LogP contribution in [0.3, 0.4) is 0 Å². The van der Waals surface area contributed by atoms with Crippen molar-refractivity contribution in [1.29, 1.82) is 0 Å². The number of hydrogen-bond acceptors (Lipinski definition) is 6. The van der Waals surface area contributed by atoms with Gasteiger partial charge in [0.05, 0.1) is 23.8 Å². The summed E-state index contributed by atoms with van der Waals surface area (Å²) < 4.78 is 10.8. The molecule has 2 aromatic rings. The zero-order valence-electron chi connectivity index (χ0n) is 19.6. The van der Waals surface area contributed by atoms with Gasteiger partial charge >= 0.3 is 5.97 Å². The fourth-order valence-corrected chi connectivity index (χ4v) is 5.02. The number of phenols is 1. The van der Waals surface area contributed by atoms with E-state index in [2.05, 4.69) is 5.32 Å². The third kappa shape index (κ3) is 4.42. The van der Waals surface area contributed by atoms with Crippen LogP contribution in [0.5, 0.6) is 11.5 Å². The summed E-state index contributed by atoms with van der Waals surface area (Å²) >= 11 is 6.30. The highest BCUT2D eigenvalue weighted by Crippen LogP contribution is 2.48. The third-order valence-electron chi connectivity index (χ3n) is 6.27. The van der Waals surface area contributed by atoms with E-state index < -0.39 is 11.9 Å². The number of hydrogen-bond donors (Lipinski definition) is 2. The van der Waals surface area contributed by atoms with Gasteiger partial charge in [0.2, 0.25) is 0 Å². The number of nitrogens with one attached hydrogen (secondary N) is 1. The summed E-state index contributed by atoms with van der Waals surface area (Å²) in [6, 6.07) is 13.1. The van der Waals surface area contributed by atoms with Crippen molar-refractivity contribution in [2.24, 2.45) is 0 Å². The molecular formula is C27H28ClNO5. The van der Waals surface area contributed by atoms with Gasteiger partial charge in [-0.2, -0.15) is 0 Å². The number of carbonyl (C=O) groups is 2. The van der Waals surface area contributed by atoms with E-state index in [1.807, 2.05) is 37.3 Å². The lowest BCUT2D eigenvalue weighted by molar-refractivity contribution is -0.143. The topological polar surface area (TPSA) is 84.9 Å². The quantitative estimate of drug-likeness (QED) is 0.559. The maximum absolute atomic E-state index is 13.6. The van der Waals surface area contributed by atoms with Crippen molar-refractivity contribution in [2.45, 2.75) is 51.6 Å². The predicted molar refractivity (Wildman–Crippen MR) is 130 cm³/mol. The Morgan fingerprint density at radius 3 is 2.50 bits per heavy atom. The molecule has 1 aliphatic carbocycles. The number of esters is 1. The minimum absolute atomic E-state index is 0.0375. The van der Waals surface area contributed by atoms with E-state index in [9.17, 15) is 14.7 Å². The van der Waals surface area contributed by atoms with Gasteiger partial charge in [0.1, 0.15) is 0 Å². The number of rotatable bonds is 5. The minimum atomic E-state index is -0.696. The molecule has 0 fully saturated rings. The molecule has 0 bridgehead atoms. The molecule has 0 aromatic heterocycles. The van der Waals surface area contributed by atoms with Crippen molar-refractivity contribution >= 4 is 23.4 Å². The largest absolute Gasteiger partial charge is 0.503 e. The van der Waals surface area contributed by atoms with Crippen molar-refractivity contribution in [3.05, 3.63) is 81.2 Å². The highest BCUT2D eigenvalue weighted by atomic mass is 35.5. The van der Waals surface area contributed by atoms with Crippen LogP contribution in [0.4, 0.5) is 0 Å². The Labute approximate surface area is 204 Å². The molecule has 6 nitrogen and oxygen atoms in total. The molecular weight excluding hydrogens is 454 g/mol. The summed E-state index contributed by atoms with van der Waals surface area (Å²) in [7, 11) is 1.42. The molecule has 1 aliphatic heterocycles. The predicted octanol–water partition coefficient (Wildman–Crippen LogP) is 5.37. The first-order chi connectivity index (χ1) is 16.2. The van der Waals surface area contributed by atoms with E-state index in [0.717, 1.165) is 11.3 Å². The second-order valence-electron chi connectivity index (χ2n) is 8.94. The number of benzene rings is 2. The normalized spacial score (nSPS) is 20.2. The maximum atomic E-state index is 13.6. The van der Waals surface area contributed by atoms with Crippen LogP contribution in [-0.4, -0.2) is 30.1 Å². The number of halogens is 1. The average Bonchev–Trinajstić information content (AvgIpc) is 2.79. The van der Waals surface area contributed by atoms with Gasteiger partial charge in [0.25, 0.3) is 0 Å². The van der Waals surface area contributed by atoms with E-state index in [4.69, 9.17) is 21.1 Å². The molecule has 34 heavy (non-hydrogen) atoms. The van der Waals surface area contributed by atoms with Crippen LogP contribution in [0.25, 0.3) is 0 Å². The van der Waals surface area contributed by atoms with Crippen molar-refractivity contribution in [2.75, 3.05) is 7.11 Å². The van der Waals surface area contributed by atoms with Crippen LogP contribution < -0.4 is 10.1 Å². The fourth-order valence-electron chi connectivity index (χ4n) is 4.80. The Morgan fingerprint density at radius 2 is 1.85 bits per heavy atom. The van der Waals surface area contributed by atoms with E-state index >= 15 is 0 Å². The van der Waals surface area contributed by atoms with Crippen LogP contribution in [0.1, 0.15) is 56.6 Å². The first-order valence-electron chi connectivity index (χ1n) is 11.3. The molecule has 2 N–H and O–H groups in total. The Bertz CT molecular complexity index is 1200. The van der Waals surface area contributed by atoms with Gasteiger partial charge in [0.15, 0.2) is 17.3 Å². The van der Waals surface area contributed by atoms with E-state index in [1.54, 1.807) is 26.0 Å². The number of methoxy groups -OCH3 is 1. The maximum Gasteiger partial charge on any atom is 0.337 e. The second kappa shape index (κ2) is 9.55. The van der Waals surface area contributed by atoms with E-state index in [-0.39, 0.29) is 34.3 Å². The lowest BCUT2D eigenvalue weighted by Crippen LogP contribution is -2.36. The number of ketones is 1. The summed E-state index contributed by atoms with van der Waals surface area (Å²) in [4.78, 5) is 26.8. The molecule has 178 valence electrons. The number of Topliss-reactive ketones (excluding diaryl/α,β-unsaturated/α-hetero) is 1. The molecule has 1 heterocycles. The van der Waals surface area contributed by atoms with E-state index in [1.165, 1.54) is 7.11 Å². The summed E-state index contributed by atoms with van der Waals surface area (Å²) in [5.74, 6) is -1.23. The van der Waals surface area contributed by atoms with Gasteiger partial charge in [-0.3, -0.25) is 4.79 Å². The number of dihydropyridines is 1. The van der Waals surface area contributed by atoms with Crippen LogP contribution in [0, 0.1) is 0 Å². The van der Waals surface area contributed by atoms with E-state index in [0.29, 0.717) is 35.2 Å². The molecule has 2 atom stereocenters. The Kier molecular flexibility index (Phi) is 6.71. The zero-order valence-corrected chi connectivity index (χ0v) is 20.4. The number of allylic oxidation sites excluding steroid dienone is 3. The molecule has 0 amide bonds. The van der Waals surface area contributed by atoms with Crippen LogP contribution in [0.2, 0.25) is 5.02 Å². The van der Waals surface area contributed by atoms with Gasteiger partial charge in [-0.1, -0.05) is 41.9 Å². The first-order valence-corrected chi connectivity index (χ1v) is 11.6. The Balaban J connectivity index is 1.86. The molecule has 0 saturated carbocycles. The highest BCUT2D eigenvalue weighted by Gasteiger charge is 2.42. The van der Waals surface area contributed by atoms with Crippen molar-refractivity contribution < 1.29 is 24.2 Å². The second-order valence-corrected chi connectivity index (χ2v) is 9.34. The molecule has 2 aliphatic rings.